The van der Waals surface area contributed by atoms with E-state index in [1.54, 1.807) is 27.7 Å². The summed E-state index contributed by atoms with van der Waals surface area (Å²) in [5, 5.41) is 30.5. The molecule has 2 aromatic rings. The van der Waals surface area contributed by atoms with Gasteiger partial charge in [-0.2, -0.15) is 9.36 Å². The van der Waals surface area contributed by atoms with E-state index in [0.29, 0.717) is 10.7 Å². The van der Waals surface area contributed by atoms with Crippen molar-refractivity contribution in [2.75, 3.05) is 30.9 Å². The molecule has 3 amide bonds. The van der Waals surface area contributed by atoms with Crippen molar-refractivity contribution in [1.29, 1.82) is 0 Å². The molecule has 2 aliphatic rings. The number of tetrazole rings is 1. The van der Waals surface area contributed by atoms with Gasteiger partial charge in [-0.1, -0.05) is 16.9 Å². The number of nitrogens with zero attached hydrogens (tertiary/aromatic N) is 8. The third-order valence-corrected chi connectivity index (χ3v) is 8.69. The van der Waals surface area contributed by atoms with Crippen LogP contribution in [-0.4, -0.2) is 111 Å². The van der Waals surface area contributed by atoms with Gasteiger partial charge in [-0.25, -0.2) is 14.3 Å². The number of carboxylic acid groups (broad SMARTS) is 1. The fourth-order valence-electron chi connectivity index (χ4n) is 3.95. The number of hydrogen-bond donors (Lipinski definition) is 4. The van der Waals surface area contributed by atoms with E-state index < -0.39 is 40.9 Å². The number of nitrogens with one attached hydrogen (secondary N) is 2. The van der Waals surface area contributed by atoms with Gasteiger partial charge in [0, 0.05) is 29.6 Å². The van der Waals surface area contributed by atoms with Crippen LogP contribution in [0.2, 0.25) is 0 Å². The van der Waals surface area contributed by atoms with Gasteiger partial charge in [0.25, 0.3) is 11.8 Å². The highest BCUT2D eigenvalue weighted by Crippen LogP contribution is 2.41. The molecule has 43 heavy (non-hydrogen) atoms. The fourth-order valence-corrected chi connectivity index (χ4v) is 6.85. The normalized spacial score (nSPS) is 19.3. The number of aromatic nitrogens is 6. The van der Waals surface area contributed by atoms with E-state index in [4.69, 9.17) is 15.3 Å². The molecule has 2 aromatic heterocycles. The van der Waals surface area contributed by atoms with Gasteiger partial charge in [0.05, 0.1) is 6.04 Å². The second-order valence-corrected chi connectivity index (χ2v) is 13.0. The summed E-state index contributed by atoms with van der Waals surface area (Å²) in [6.45, 7) is 7.26. The van der Waals surface area contributed by atoms with Crippen LogP contribution in [0.3, 0.4) is 0 Å². The van der Waals surface area contributed by atoms with Crippen LogP contribution in [0.15, 0.2) is 21.6 Å². The molecule has 1 fully saturated rings. The number of fused-ring (bicyclic) bond motifs is 1. The zero-order chi connectivity index (χ0) is 31.5. The average Bonchev–Trinajstić information content (AvgIpc) is 3.59. The number of rotatable bonds is 11. The molecule has 18 nitrogen and oxygen atoms in total. The number of amides is 3. The van der Waals surface area contributed by atoms with Crippen LogP contribution in [0.5, 0.6) is 0 Å². The Morgan fingerprint density at radius 2 is 2.07 bits per heavy atom. The Bertz CT molecular complexity index is 1470. The molecule has 0 bridgehead atoms. The monoisotopic (exact) mass is 655 g/mol. The molecular formula is C22H29N11O7S3. The van der Waals surface area contributed by atoms with Crippen LogP contribution in [0.25, 0.3) is 0 Å². The number of aliphatic carboxylic acids is 1. The number of ether oxygens (including phenoxy) is 1. The van der Waals surface area contributed by atoms with Gasteiger partial charge in [-0.15, -0.1) is 16.9 Å². The van der Waals surface area contributed by atoms with Crippen molar-refractivity contribution in [3.8, 4) is 0 Å². The van der Waals surface area contributed by atoms with Gasteiger partial charge in [0.2, 0.25) is 16.7 Å². The summed E-state index contributed by atoms with van der Waals surface area (Å²) in [6.07, 6.45) is -0.577. The first-order valence-electron chi connectivity index (χ1n) is 12.6. The Morgan fingerprint density at radius 1 is 1.33 bits per heavy atom. The lowest BCUT2D eigenvalue weighted by molar-refractivity contribution is -0.150. The van der Waals surface area contributed by atoms with E-state index in [1.807, 2.05) is 0 Å². The molecule has 0 radical (unpaired) electrons. The molecule has 0 spiro atoms. The van der Waals surface area contributed by atoms with Crippen LogP contribution in [0, 0.1) is 0 Å². The molecule has 232 valence electrons. The van der Waals surface area contributed by atoms with Gasteiger partial charge in [0.15, 0.2) is 5.13 Å². The van der Waals surface area contributed by atoms with E-state index >= 15 is 0 Å². The summed E-state index contributed by atoms with van der Waals surface area (Å²) < 4.78 is 10.7. The topological polar surface area (TPSA) is 242 Å². The second kappa shape index (κ2) is 13.1. The smallest absolute Gasteiger partial charge is 0.407 e. The van der Waals surface area contributed by atoms with Crippen molar-refractivity contribution in [2.24, 2.45) is 5.16 Å². The lowest BCUT2D eigenvalue weighted by Gasteiger charge is -2.49. The van der Waals surface area contributed by atoms with Crippen LogP contribution < -0.4 is 16.4 Å². The van der Waals surface area contributed by atoms with Gasteiger partial charge >= 0.3 is 12.1 Å². The van der Waals surface area contributed by atoms with E-state index in [-0.39, 0.29) is 46.5 Å². The van der Waals surface area contributed by atoms with Crippen molar-refractivity contribution in [3.05, 3.63) is 17.1 Å². The van der Waals surface area contributed by atoms with Crippen molar-refractivity contribution in [3.63, 3.8) is 0 Å². The number of carboxylic acids is 1. The molecule has 5 N–H and O–H groups in total. The number of thioether (sulfide) groups is 2. The molecule has 0 aromatic carbocycles. The van der Waals surface area contributed by atoms with Gasteiger partial charge in [0.1, 0.15) is 29.8 Å². The molecule has 4 rings (SSSR count). The SMILES string of the molecule is CON=C(C(=O)NC1C(=O)N2C(C(=O)O)=C(CSc3nnnn3C(C)CNC(=O)OC(C)(C)C)CS[C@@H]12)c1nsc(N)n1. The highest BCUT2D eigenvalue weighted by molar-refractivity contribution is 8.01. The van der Waals surface area contributed by atoms with Crippen LogP contribution in [0.1, 0.15) is 39.6 Å². The molecule has 0 aliphatic carbocycles. The summed E-state index contributed by atoms with van der Waals surface area (Å²) in [7, 11) is 1.24. The predicted molar refractivity (Wildman–Crippen MR) is 155 cm³/mol. The first kappa shape index (κ1) is 31.9. The van der Waals surface area contributed by atoms with Gasteiger partial charge in [-0.3, -0.25) is 14.5 Å². The quantitative estimate of drug-likeness (QED) is 0.108. The molecule has 2 aliphatic heterocycles. The Hall–Kier alpha value is -3.98. The summed E-state index contributed by atoms with van der Waals surface area (Å²) >= 11 is 3.35. The first-order valence-corrected chi connectivity index (χ1v) is 15.4. The van der Waals surface area contributed by atoms with E-state index in [2.05, 4.69) is 40.7 Å². The maximum Gasteiger partial charge on any atom is 0.407 e. The number of alkyl carbamates (subject to hydrolysis) is 1. The standard InChI is InChI=1S/C22H29N11O7S3/c1-9(6-24-21(38)40-22(2,3)4)33-20(27-30-31-33)42-8-10-7-41-17-12(16(35)32(17)13(10)18(36)37)25-15(34)11(28-39-5)14-26-19(23)43-29-14/h9,12,17H,6-8H2,1-5H3,(H,24,38)(H,25,34)(H,36,37)(H2,23,26,29)/t9?,12?,17-/m0/s1. The number of β-lactam (4-membered cyclic amide) rings is 1. The predicted octanol–water partition coefficient (Wildman–Crippen LogP) is 0.0739. The van der Waals surface area contributed by atoms with Crippen molar-refractivity contribution in [2.45, 2.75) is 55.9 Å². The van der Waals surface area contributed by atoms with Gasteiger partial charge < -0.3 is 31.0 Å². The first-order chi connectivity index (χ1) is 20.3. The number of hydrogen-bond acceptors (Lipinski definition) is 16. The zero-order valence-corrected chi connectivity index (χ0v) is 26.1. The molecule has 1 saturated heterocycles. The van der Waals surface area contributed by atoms with E-state index in [1.165, 1.54) is 35.3 Å². The Kier molecular flexibility index (Phi) is 9.75. The zero-order valence-electron chi connectivity index (χ0n) is 23.6. The van der Waals surface area contributed by atoms with Crippen LogP contribution >= 0.6 is 35.1 Å². The number of nitrogen functional groups attached to an aromatic ring is 1. The third kappa shape index (κ3) is 7.33. The lowest BCUT2D eigenvalue weighted by atomic mass is 10.0. The maximum atomic E-state index is 13.1. The number of oxime groups is 1. The minimum absolute atomic E-state index is 0.0653. The number of nitrogens with two attached hydrogens (primary N) is 1. The number of carbonyl (C=O) groups excluding carboxylic acids is 3. The Balaban J connectivity index is 1.41. The Labute approximate surface area is 257 Å². The molecule has 2 unspecified atom stereocenters. The molecule has 3 atom stereocenters. The molecule has 4 heterocycles. The number of carbonyl (C=O) groups is 4. The van der Waals surface area contributed by atoms with Crippen LogP contribution in [0.4, 0.5) is 9.93 Å². The largest absolute Gasteiger partial charge is 0.477 e. The summed E-state index contributed by atoms with van der Waals surface area (Å²) in [5.74, 6) is -2.27. The fraction of sp³-hybridized carbons (Fsp3) is 0.545. The summed E-state index contributed by atoms with van der Waals surface area (Å²) in [4.78, 5) is 60.1. The minimum atomic E-state index is -1.28. The highest BCUT2D eigenvalue weighted by atomic mass is 32.2. The van der Waals surface area contributed by atoms with Gasteiger partial charge in [-0.05, 0) is 43.7 Å². The average molecular weight is 656 g/mol. The summed E-state index contributed by atoms with van der Waals surface area (Å²) in [5.41, 5.74) is 5.00. The lowest BCUT2D eigenvalue weighted by Crippen LogP contribution is -2.71. The highest BCUT2D eigenvalue weighted by Gasteiger charge is 2.54. The van der Waals surface area contributed by atoms with Crippen molar-refractivity contribution < 1.29 is 33.9 Å². The summed E-state index contributed by atoms with van der Waals surface area (Å²) in [6, 6.07) is -1.35. The van der Waals surface area contributed by atoms with E-state index in [9.17, 15) is 24.3 Å². The molecule has 21 heteroatoms. The van der Waals surface area contributed by atoms with E-state index in [0.717, 1.165) is 16.4 Å². The molecule has 0 saturated carbocycles. The molecular weight excluding hydrogens is 627 g/mol. The number of anilines is 1. The van der Waals surface area contributed by atoms with Crippen molar-refractivity contribution in [1.82, 2.24) is 45.1 Å². The van der Waals surface area contributed by atoms with Crippen molar-refractivity contribution >= 4 is 69.8 Å². The van der Waals surface area contributed by atoms with Crippen LogP contribution in [-0.2, 0) is 24.0 Å². The Morgan fingerprint density at radius 3 is 2.70 bits per heavy atom. The third-order valence-electron chi connectivity index (χ3n) is 5.78. The maximum absolute atomic E-state index is 13.1. The second-order valence-electron chi connectivity index (χ2n) is 10.1. The minimum Gasteiger partial charge on any atom is -0.477 e.